The van der Waals surface area contributed by atoms with Crippen LogP contribution in [0.15, 0.2) is 54.6 Å². The molecule has 0 aliphatic rings. The van der Waals surface area contributed by atoms with Crippen LogP contribution < -0.4 is 9.46 Å². The summed E-state index contributed by atoms with van der Waals surface area (Å²) < 4.78 is 33.1. The Bertz CT molecular complexity index is 775. The van der Waals surface area contributed by atoms with Gasteiger partial charge in [0.25, 0.3) is 0 Å². The Hall–Kier alpha value is -1.89. The van der Waals surface area contributed by atoms with E-state index in [1.807, 2.05) is 54.6 Å². The maximum atomic E-state index is 12.5. The summed E-state index contributed by atoms with van der Waals surface area (Å²) in [5.74, 6) is 0.753. The number of hydrogen-bond acceptors (Lipinski definition) is 4. The van der Waals surface area contributed by atoms with E-state index in [-0.39, 0.29) is 11.8 Å². The highest BCUT2D eigenvalue weighted by Crippen LogP contribution is 2.24. The highest BCUT2D eigenvalue weighted by molar-refractivity contribution is 7.88. The maximum Gasteiger partial charge on any atom is 0.215 e. The van der Waals surface area contributed by atoms with Crippen LogP contribution in [0.25, 0.3) is 0 Å². The SMILES string of the molecule is CCN(CC)C(CNS(=O)(=O)Cc1ccccc1)c1cccc(OC)c1. The van der Waals surface area contributed by atoms with Crippen LogP contribution in [-0.2, 0) is 15.8 Å². The van der Waals surface area contributed by atoms with Gasteiger partial charge in [-0.3, -0.25) is 4.90 Å². The summed E-state index contributed by atoms with van der Waals surface area (Å²) >= 11 is 0. The molecule has 0 spiro atoms. The van der Waals surface area contributed by atoms with Crippen molar-refractivity contribution in [2.45, 2.75) is 25.6 Å². The molecule has 0 amide bonds. The second-order valence-electron chi connectivity index (χ2n) is 6.11. The molecular weight excluding hydrogens is 348 g/mol. The van der Waals surface area contributed by atoms with E-state index in [0.717, 1.165) is 30.0 Å². The zero-order valence-electron chi connectivity index (χ0n) is 15.7. The average Bonchev–Trinajstić information content (AvgIpc) is 2.65. The van der Waals surface area contributed by atoms with Gasteiger partial charge < -0.3 is 4.74 Å². The van der Waals surface area contributed by atoms with E-state index >= 15 is 0 Å². The van der Waals surface area contributed by atoms with Gasteiger partial charge in [-0.15, -0.1) is 0 Å². The molecule has 1 N–H and O–H groups in total. The number of nitrogens with one attached hydrogen (secondary N) is 1. The van der Waals surface area contributed by atoms with Crippen molar-refractivity contribution in [2.24, 2.45) is 0 Å². The minimum absolute atomic E-state index is 0.0169. The largest absolute Gasteiger partial charge is 0.497 e. The van der Waals surface area contributed by atoms with Crippen molar-refractivity contribution >= 4 is 10.0 Å². The average molecular weight is 377 g/mol. The third kappa shape index (κ3) is 5.83. The number of sulfonamides is 1. The minimum atomic E-state index is -3.41. The van der Waals surface area contributed by atoms with Gasteiger partial charge in [-0.25, -0.2) is 13.1 Å². The predicted octanol–water partition coefficient (Wildman–Crippen LogP) is 3.20. The first-order valence-electron chi connectivity index (χ1n) is 8.88. The number of nitrogens with zero attached hydrogens (tertiary/aromatic N) is 1. The number of methoxy groups -OCH3 is 1. The maximum absolute atomic E-state index is 12.5. The molecule has 0 bridgehead atoms. The van der Waals surface area contributed by atoms with Gasteiger partial charge in [0.15, 0.2) is 0 Å². The number of likely N-dealkylation sites (N-methyl/N-ethyl adjacent to an activating group) is 1. The van der Waals surface area contributed by atoms with Crippen LogP contribution in [0.4, 0.5) is 0 Å². The van der Waals surface area contributed by atoms with Gasteiger partial charge in [0, 0.05) is 12.6 Å². The van der Waals surface area contributed by atoms with Gasteiger partial charge >= 0.3 is 0 Å². The lowest BCUT2D eigenvalue weighted by Crippen LogP contribution is -2.38. The number of hydrogen-bond donors (Lipinski definition) is 1. The van der Waals surface area contributed by atoms with Crippen LogP contribution >= 0.6 is 0 Å². The highest BCUT2D eigenvalue weighted by atomic mass is 32.2. The Labute approximate surface area is 157 Å². The second kappa shape index (κ2) is 9.71. The second-order valence-corrected chi connectivity index (χ2v) is 7.91. The molecular formula is C20H28N2O3S. The zero-order valence-corrected chi connectivity index (χ0v) is 16.5. The number of benzene rings is 2. The van der Waals surface area contributed by atoms with Crippen LogP contribution in [0.3, 0.4) is 0 Å². The monoisotopic (exact) mass is 376 g/mol. The summed E-state index contributed by atoms with van der Waals surface area (Å²) in [4.78, 5) is 2.24. The first kappa shape index (κ1) is 20.4. The van der Waals surface area contributed by atoms with Gasteiger partial charge in [-0.05, 0) is 36.3 Å². The molecule has 2 aromatic carbocycles. The van der Waals surface area contributed by atoms with Gasteiger partial charge in [-0.1, -0.05) is 56.3 Å². The van der Waals surface area contributed by atoms with Crippen molar-refractivity contribution in [1.82, 2.24) is 9.62 Å². The van der Waals surface area contributed by atoms with Crippen LogP contribution in [0.2, 0.25) is 0 Å². The van der Waals surface area contributed by atoms with E-state index in [4.69, 9.17) is 4.74 Å². The molecule has 0 heterocycles. The highest BCUT2D eigenvalue weighted by Gasteiger charge is 2.21. The first-order valence-corrected chi connectivity index (χ1v) is 10.5. The molecule has 0 saturated heterocycles. The molecule has 0 saturated carbocycles. The van der Waals surface area contributed by atoms with E-state index in [9.17, 15) is 8.42 Å². The summed E-state index contributed by atoms with van der Waals surface area (Å²) in [6.45, 7) is 6.14. The van der Waals surface area contributed by atoms with E-state index in [1.54, 1.807) is 7.11 Å². The number of ether oxygens (including phenoxy) is 1. The quantitative estimate of drug-likeness (QED) is 0.692. The van der Waals surface area contributed by atoms with Crippen molar-refractivity contribution in [3.8, 4) is 5.75 Å². The minimum Gasteiger partial charge on any atom is -0.497 e. The van der Waals surface area contributed by atoms with E-state index in [2.05, 4.69) is 23.5 Å². The van der Waals surface area contributed by atoms with Crippen molar-refractivity contribution in [3.05, 3.63) is 65.7 Å². The predicted molar refractivity (Wildman–Crippen MR) is 106 cm³/mol. The Morgan fingerprint density at radius 1 is 1.04 bits per heavy atom. The van der Waals surface area contributed by atoms with E-state index in [1.165, 1.54) is 0 Å². The van der Waals surface area contributed by atoms with E-state index in [0.29, 0.717) is 6.54 Å². The van der Waals surface area contributed by atoms with Gasteiger partial charge in [0.2, 0.25) is 10.0 Å². The van der Waals surface area contributed by atoms with Gasteiger partial charge in [0.1, 0.15) is 5.75 Å². The topological polar surface area (TPSA) is 58.6 Å². The fourth-order valence-corrected chi connectivity index (χ4v) is 4.17. The normalized spacial score (nSPS) is 12.9. The smallest absolute Gasteiger partial charge is 0.215 e. The lowest BCUT2D eigenvalue weighted by Gasteiger charge is -2.30. The van der Waals surface area contributed by atoms with Crippen LogP contribution in [0.5, 0.6) is 5.75 Å². The van der Waals surface area contributed by atoms with Crippen molar-refractivity contribution in [3.63, 3.8) is 0 Å². The molecule has 0 aliphatic carbocycles. The van der Waals surface area contributed by atoms with Gasteiger partial charge in [0.05, 0.1) is 12.9 Å². The van der Waals surface area contributed by atoms with Gasteiger partial charge in [-0.2, -0.15) is 0 Å². The molecule has 0 aliphatic heterocycles. The Morgan fingerprint density at radius 2 is 1.73 bits per heavy atom. The van der Waals surface area contributed by atoms with Crippen molar-refractivity contribution in [2.75, 3.05) is 26.7 Å². The summed E-state index contributed by atoms with van der Waals surface area (Å²) in [6, 6.07) is 17.0. The van der Waals surface area contributed by atoms with Crippen LogP contribution in [0.1, 0.15) is 31.0 Å². The third-order valence-electron chi connectivity index (χ3n) is 4.43. The van der Waals surface area contributed by atoms with E-state index < -0.39 is 10.0 Å². The summed E-state index contributed by atoms with van der Waals surface area (Å²) in [5, 5.41) is 0. The first-order chi connectivity index (χ1) is 12.5. The lowest BCUT2D eigenvalue weighted by atomic mass is 10.0. The molecule has 5 nitrogen and oxygen atoms in total. The molecule has 0 aromatic heterocycles. The molecule has 26 heavy (non-hydrogen) atoms. The lowest BCUT2D eigenvalue weighted by molar-refractivity contribution is 0.219. The fourth-order valence-electron chi connectivity index (χ4n) is 3.02. The Morgan fingerprint density at radius 3 is 2.35 bits per heavy atom. The van der Waals surface area contributed by atoms with Crippen LogP contribution in [0, 0.1) is 0 Å². The molecule has 142 valence electrons. The molecule has 2 aromatic rings. The molecule has 6 heteroatoms. The molecule has 0 fully saturated rings. The molecule has 2 rings (SSSR count). The Kier molecular flexibility index (Phi) is 7.63. The molecule has 0 radical (unpaired) electrons. The third-order valence-corrected chi connectivity index (χ3v) is 5.75. The van der Waals surface area contributed by atoms with Crippen LogP contribution in [-0.4, -0.2) is 40.1 Å². The van der Waals surface area contributed by atoms with Crippen molar-refractivity contribution in [1.29, 1.82) is 0 Å². The summed E-state index contributed by atoms with van der Waals surface area (Å²) in [6.07, 6.45) is 0. The molecule has 1 atom stereocenters. The fraction of sp³-hybridized carbons (Fsp3) is 0.400. The molecule has 1 unspecified atom stereocenters. The van der Waals surface area contributed by atoms with Crippen molar-refractivity contribution < 1.29 is 13.2 Å². The summed E-state index contributed by atoms with van der Waals surface area (Å²) in [5.41, 5.74) is 1.82. The Balaban J connectivity index is 2.16. The standard InChI is InChI=1S/C20H28N2O3S/c1-4-22(5-2)20(18-12-9-13-19(14-18)25-3)15-21-26(23,24)16-17-10-7-6-8-11-17/h6-14,20-21H,4-5,15-16H2,1-3H3. The zero-order chi connectivity index (χ0) is 19.0. The number of rotatable bonds is 10. The summed E-state index contributed by atoms with van der Waals surface area (Å²) in [7, 11) is -1.78.